The summed E-state index contributed by atoms with van der Waals surface area (Å²) in [6.07, 6.45) is 4.38. The van der Waals surface area contributed by atoms with E-state index in [2.05, 4.69) is 46.2 Å². The smallest absolute Gasteiger partial charge is 0.326 e. The number of hydrogen-bond acceptors (Lipinski definition) is 12. The highest BCUT2D eigenvalue weighted by atomic mass is 16.4. The number of carbonyl (C=O) groups excluding carboxylic acids is 4. The molecule has 0 unspecified atom stereocenters. The Bertz CT molecular complexity index is 1950. The van der Waals surface area contributed by atoms with Gasteiger partial charge in [0.1, 0.15) is 6.04 Å². The summed E-state index contributed by atoms with van der Waals surface area (Å²) in [5.74, 6) is -3.56. The SMILES string of the molecule is CN1C(=O)C[C@H](C(=O)NCCNC(=O)CC[C@H](NC(=O)c2ccc(NCc3cnc4nc(N)[nH]c(=O)c4n3)cc2)C(=O)O)[C@H]1c1cccnc1. The van der Waals surface area contributed by atoms with Gasteiger partial charge in [-0.25, -0.2) is 14.8 Å². The molecule has 5 rings (SSSR count). The minimum Gasteiger partial charge on any atom is -0.480 e. The van der Waals surface area contributed by atoms with Crippen LogP contribution < -0.4 is 32.6 Å². The summed E-state index contributed by atoms with van der Waals surface area (Å²) >= 11 is 0. The van der Waals surface area contributed by atoms with Crippen molar-refractivity contribution in [3.63, 3.8) is 0 Å². The molecule has 0 aliphatic carbocycles. The average Bonchev–Trinajstić information content (AvgIpc) is 3.41. The van der Waals surface area contributed by atoms with Crippen LogP contribution in [0.2, 0.25) is 0 Å². The number of H-pyrrole nitrogens is 1. The van der Waals surface area contributed by atoms with Crippen molar-refractivity contribution in [1.82, 2.24) is 45.8 Å². The Morgan fingerprint density at radius 1 is 1.06 bits per heavy atom. The first-order chi connectivity index (χ1) is 24.0. The van der Waals surface area contributed by atoms with Crippen molar-refractivity contribution >= 4 is 52.4 Å². The molecule has 0 saturated carbocycles. The van der Waals surface area contributed by atoms with Crippen molar-refractivity contribution in [2.45, 2.75) is 37.9 Å². The van der Waals surface area contributed by atoms with Crippen molar-refractivity contribution in [3.8, 4) is 0 Å². The number of nitrogens with zero attached hydrogens (tertiary/aromatic N) is 5. The molecule has 4 heterocycles. The Hall–Kier alpha value is -6.46. The number of amides is 4. The van der Waals surface area contributed by atoms with Crippen molar-refractivity contribution < 1.29 is 29.1 Å². The van der Waals surface area contributed by atoms with Gasteiger partial charge in [0.05, 0.1) is 30.4 Å². The number of carboxylic acids is 1. The maximum absolute atomic E-state index is 12.9. The number of nitrogen functional groups attached to an aromatic ring is 1. The van der Waals surface area contributed by atoms with Gasteiger partial charge in [-0.1, -0.05) is 6.07 Å². The van der Waals surface area contributed by atoms with Crippen LogP contribution in [0.3, 0.4) is 0 Å². The van der Waals surface area contributed by atoms with Gasteiger partial charge in [-0.2, -0.15) is 4.98 Å². The number of aliphatic carboxylic acids is 1. The number of rotatable bonds is 14. The number of anilines is 2. The molecule has 50 heavy (non-hydrogen) atoms. The van der Waals surface area contributed by atoms with Crippen LogP contribution in [-0.4, -0.2) is 90.7 Å². The van der Waals surface area contributed by atoms with E-state index in [1.54, 1.807) is 37.6 Å². The lowest BCUT2D eigenvalue weighted by Crippen LogP contribution is -2.42. The number of nitrogens with two attached hydrogens (primary N) is 1. The maximum Gasteiger partial charge on any atom is 0.326 e. The third kappa shape index (κ3) is 8.52. The monoisotopic (exact) mass is 685 g/mol. The molecule has 0 spiro atoms. The Labute approximate surface area is 284 Å². The number of carboxylic acid groups (broad SMARTS) is 1. The van der Waals surface area contributed by atoms with Crippen LogP contribution in [0.5, 0.6) is 0 Å². The van der Waals surface area contributed by atoms with Gasteiger partial charge in [0.25, 0.3) is 11.5 Å². The molecule has 4 amide bonds. The number of aromatic nitrogens is 5. The fourth-order valence-electron chi connectivity index (χ4n) is 5.48. The third-order valence-electron chi connectivity index (χ3n) is 8.07. The molecular formula is C32H35N11O7. The normalized spacial score (nSPS) is 16.1. The molecule has 18 heteroatoms. The topological polar surface area (TPSA) is 267 Å². The molecule has 18 nitrogen and oxygen atoms in total. The van der Waals surface area contributed by atoms with E-state index >= 15 is 0 Å². The van der Waals surface area contributed by atoms with E-state index in [1.807, 2.05) is 6.07 Å². The van der Waals surface area contributed by atoms with Crippen molar-refractivity contribution in [2.75, 3.05) is 31.2 Å². The largest absolute Gasteiger partial charge is 0.480 e. The average molecular weight is 686 g/mol. The first kappa shape index (κ1) is 34.9. The first-order valence-electron chi connectivity index (χ1n) is 15.6. The second-order valence-corrected chi connectivity index (χ2v) is 11.5. The molecule has 0 radical (unpaired) electrons. The summed E-state index contributed by atoms with van der Waals surface area (Å²) in [7, 11) is 1.64. The maximum atomic E-state index is 12.9. The van der Waals surface area contributed by atoms with E-state index in [0.29, 0.717) is 11.4 Å². The fraction of sp³-hybridized carbons (Fsp3) is 0.312. The lowest BCUT2D eigenvalue weighted by molar-refractivity contribution is -0.139. The molecule has 1 aliphatic rings. The zero-order valence-electron chi connectivity index (χ0n) is 26.9. The number of hydrogen-bond donors (Lipinski definition) is 7. The van der Waals surface area contributed by atoms with Gasteiger partial charge in [0.2, 0.25) is 23.7 Å². The quantitative estimate of drug-likeness (QED) is 0.0843. The number of aromatic amines is 1. The zero-order chi connectivity index (χ0) is 35.8. The Morgan fingerprint density at radius 2 is 1.82 bits per heavy atom. The molecule has 0 bridgehead atoms. The van der Waals surface area contributed by atoms with Crippen LogP contribution in [-0.2, 0) is 25.7 Å². The van der Waals surface area contributed by atoms with E-state index < -0.39 is 41.3 Å². The van der Waals surface area contributed by atoms with Crippen molar-refractivity contribution in [2.24, 2.45) is 5.92 Å². The van der Waals surface area contributed by atoms with E-state index in [-0.39, 0.29) is 73.4 Å². The van der Waals surface area contributed by atoms with Gasteiger partial charge in [0, 0.05) is 56.6 Å². The highest BCUT2D eigenvalue weighted by Gasteiger charge is 2.42. The number of likely N-dealkylation sites (tertiary alicyclic amines) is 1. The Balaban J connectivity index is 1.04. The highest BCUT2D eigenvalue weighted by Crippen LogP contribution is 2.36. The summed E-state index contributed by atoms with van der Waals surface area (Å²) in [6.45, 7) is 0.395. The molecule has 8 N–H and O–H groups in total. The molecule has 1 fully saturated rings. The standard InChI is InChI=1S/C32H35N11O7/c1-43-24(45)13-21(26(43)18-3-2-10-34-14-18)29(47)36-12-11-35-23(44)9-8-22(31(49)50)40-28(46)17-4-6-19(7-5-17)37-15-20-16-38-27-25(39-20)30(48)42-32(33)41-27/h2-7,10,14,16,21-22,26,37H,8-9,11-13,15H2,1H3,(H,35,44)(H,36,47)(H,40,46)(H,49,50)(H3,33,38,41,42,48)/t21-,22-,26+/m0/s1. The summed E-state index contributed by atoms with van der Waals surface area (Å²) in [5.41, 5.74) is 7.20. The van der Waals surface area contributed by atoms with Crippen LogP contribution in [0, 0.1) is 5.92 Å². The zero-order valence-corrected chi connectivity index (χ0v) is 26.9. The highest BCUT2D eigenvalue weighted by molar-refractivity contribution is 5.97. The van der Waals surface area contributed by atoms with E-state index in [4.69, 9.17) is 5.73 Å². The van der Waals surface area contributed by atoms with Gasteiger partial charge < -0.3 is 37.0 Å². The minimum atomic E-state index is -1.33. The second kappa shape index (κ2) is 15.6. The number of carbonyl (C=O) groups is 5. The molecular weight excluding hydrogens is 650 g/mol. The molecule has 260 valence electrons. The van der Waals surface area contributed by atoms with Gasteiger partial charge in [-0.15, -0.1) is 0 Å². The predicted molar refractivity (Wildman–Crippen MR) is 178 cm³/mol. The van der Waals surface area contributed by atoms with Crippen LogP contribution >= 0.6 is 0 Å². The fourth-order valence-corrected chi connectivity index (χ4v) is 5.48. The van der Waals surface area contributed by atoms with Crippen molar-refractivity contribution in [1.29, 1.82) is 0 Å². The third-order valence-corrected chi connectivity index (χ3v) is 8.07. The van der Waals surface area contributed by atoms with E-state index in [9.17, 15) is 33.9 Å². The number of pyridine rings is 1. The molecule has 3 atom stereocenters. The lowest BCUT2D eigenvalue weighted by atomic mass is 9.94. The summed E-state index contributed by atoms with van der Waals surface area (Å²) in [5, 5.41) is 20.5. The van der Waals surface area contributed by atoms with Crippen molar-refractivity contribution in [3.05, 3.63) is 82.2 Å². The molecule has 3 aromatic heterocycles. The van der Waals surface area contributed by atoms with E-state index in [0.717, 1.165) is 5.56 Å². The summed E-state index contributed by atoms with van der Waals surface area (Å²) < 4.78 is 0. The van der Waals surface area contributed by atoms with Crippen LogP contribution in [0.4, 0.5) is 11.6 Å². The van der Waals surface area contributed by atoms with E-state index in [1.165, 1.54) is 23.2 Å². The van der Waals surface area contributed by atoms with Crippen LogP contribution in [0.25, 0.3) is 11.2 Å². The van der Waals surface area contributed by atoms with Gasteiger partial charge >= 0.3 is 5.97 Å². The Morgan fingerprint density at radius 3 is 2.54 bits per heavy atom. The lowest BCUT2D eigenvalue weighted by Gasteiger charge is -2.24. The summed E-state index contributed by atoms with van der Waals surface area (Å²) in [6, 6.07) is 7.99. The van der Waals surface area contributed by atoms with Crippen LogP contribution in [0.1, 0.15) is 46.9 Å². The Kier molecular flexibility index (Phi) is 10.9. The van der Waals surface area contributed by atoms with Gasteiger partial charge in [-0.05, 0) is 42.3 Å². The number of nitrogens with one attached hydrogen (secondary N) is 5. The number of fused-ring (bicyclic) bond motifs is 1. The minimum absolute atomic E-state index is 0.0442. The van der Waals surface area contributed by atoms with Gasteiger partial charge in [0.15, 0.2) is 11.2 Å². The number of benzene rings is 1. The summed E-state index contributed by atoms with van der Waals surface area (Å²) in [4.78, 5) is 94.6. The van der Waals surface area contributed by atoms with Gasteiger partial charge in [-0.3, -0.25) is 33.9 Å². The molecule has 1 aromatic carbocycles. The second-order valence-electron chi connectivity index (χ2n) is 11.5. The molecule has 1 aliphatic heterocycles. The first-order valence-corrected chi connectivity index (χ1v) is 15.6. The molecule has 4 aromatic rings. The van der Waals surface area contributed by atoms with Crippen LogP contribution in [0.15, 0.2) is 59.8 Å². The molecule has 1 saturated heterocycles. The predicted octanol–water partition coefficient (Wildman–Crippen LogP) is -0.282.